The number of aromatic nitrogens is 1. The van der Waals surface area contributed by atoms with Crippen LogP contribution in [0.5, 0.6) is 11.5 Å². The van der Waals surface area contributed by atoms with Gasteiger partial charge >= 0.3 is 0 Å². The third-order valence-electron chi connectivity index (χ3n) is 3.51. The number of carbonyl (C=O) groups excluding carboxylic acids is 1. The van der Waals surface area contributed by atoms with Crippen molar-refractivity contribution in [1.82, 2.24) is 10.3 Å². The van der Waals surface area contributed by atoms with Crippen LogP contribution in [0.15, 0.2) is 66.9 Å². The van der Waals surface area contributed by atoms with Crippen LogP contribution < -0.4 is 15.8 Å². The Balaban J connectivity index is 1.58. The van der Waals surface area contributed by atoms with Crippen molar-refractivity contribution in [2.24, 2.45) is 0 Å². The van der Waals surface area contributed by atoms with Gasteiger partial charge in [0.05, 0.1) is 5.56 Å². The summed E-state index contributed by atoms with van der Waals surface area (Å²) in [7, 11) is 0. The number of nitrogens with one attached hydrogen (secondary N) is 1. The number of nitrogens with zero attached hydrogens (tertiary/aromatic N) is 1. The molecule has 3 rings (SSSR count). The topological polar surface area (TPSA) is 77.2 Å². The highest BCUT2D eigenvalue weighted by molar-refractivity contribution is 6.30. The van der Waals surface area contributed by atoms with E-state index in [0.717, 1.165) is 5.56 Å². The van der Waals surface area contributed by atoms with Crippen LogP contribution in [0.25, 0.3) is 0 Å². The molecule has 1 heterocycles. The Kier molecular flexibility index (Phi) is 5.16. The number of pyridine rings is 1. The summed E-state index contributed by atoms with van der Waals surface area (Å²) in [5.74, 6) is 1.37. The summed E-state index contributed by atoms with van der Waals surface area (Å²) in [4.78, 5) is 16.0. The van der Waals surface area contributed by atoms with Crippen molar-refractivity contribution in [2.75, 3.05) is 5.73 Å². The van der Waals surface area contributed by atoms with Crippen LogP contribution >= 0.6 is 11.6 Å². The van der Waals surface area contributed by atoms with Crippen molar-refractivity contribution in [1.29, 1.82) is 0 Å². The van der Waals surface area contributed by atoms with Gasteiger partial charge < -0.3 is 15.8 Å². The van der Waals surface area contributed by atoms with E-state index in [1.165, 1.54) is 0 Å². The first-order valence-corrected chi connectivity index (χ1v) is 8.00. The SMILES string of the molecule is Nc1ncccc1C(=O)NCc1ccc(Oc2ccc(Cl)cc2)cc1. The smallest absolute Gasteiger partial charge is 0.255 e. The lowest BCUT2D eigenvalue weighted by Gasteiger charge is -2.09. The van der Waals surface area contributed by atoms with Gasteiger partial charge in [0, 0.05) is 17.8 Å². The summed E-state index contributed by atoms with van der Waals surface area (Å²) >= 11 is 5.85. The van der Waals surface area contributed by atoms with Gasteiger partial charge in [0.1, 0.15) is 17.3 Å². The lowest BCUT2D eigenvalue weighted by molar-refractivity contribution is 0.0951. The van der Waals surface area contributed by atoms with E-state index in [2.05, 4.69) is 10.3 Å². The molecule has 0 radical (unpaired) electrons. The minimum atomic E-state index is -0.257. The number of ether oxygens (including phenoxy) is 1. The highest BCUT2D eigenvalue weighted by Gasteiger charge is 2.09. The van der Waals surface area contributed by atoms with E-state index < -0.39 is 0 Å². The zero-order valence-corrected chi connectivity index (χ0v) is 14.0. The number of amides is 1. The molecule has 0 aliphatic heterocycles. The van der Waals surface area contributed by atoms with E-state index in [4.69, 9.17) is 22.1 Å². The van der Waals surface area contributed by atoms with Crippen molar-refractivity contribution in [2.45, 2.75) is 6.54 Å². The van der Waals surface area contributed by atoms with Gasteiger partial charge in [-0.25, -0.2) is 4.98 Å². The number of rotatable bonds is 5. The van der Waals surface area contributed by atoms with Gasteiger partial charge in [0.25, 0.3) is 5.91 Å². The van der Waals surface area contributed by atoms with Gasteiger partial charge in [0.2, 0.25) is 0 Å². The first-order chi connectivity index (χ1) is 12.1. The maximum absolute atomic E-state index is 12.1. The molecule has 0 atom stereocenters. The van der Waals surface area contributed by atoms with Crippen molar-refractivity contribution in [3.05, 3.63) is 83.0 Å². The molecule has 0 unspecified atom stereocenters. The molecule has 0 saturated heterocycles. The Bertz CT molecular complexity index is 865. The second kappa shape index (κ2) is 7.68. The molecule has 5 nitrogen and oxygen atoms in total. The number of nitrogens with two attached hydrogens (primary N) is 1. The number of anilines is 1. The predicted octanol–water partition coefficient (Wildman–Crippen LogP) is 4.04. The minimum Gasteiger partial charge on any atom is -0.457 e. The fourth-order valence-electron chi connectivity index (χ4n) is 2.20. The van der Waals surface area contributed by atoms with Crippen LogP contribution in [0.4, 0.5) is 5.82 Å². The number of halogens is 1. The van der Waals surface area contributed by atoms with E-state index in [1.807, 2.05) is 24.3 Å². The van der Waals surface area contributed by atoms with Crippen molar-refractivity contribution in [3.63, 3.8) is 0 Å². The number of hydrogen-bond acceptors (Lipinski definition) is 4. The molecule has 0 spiro atoms. The molecule has 1 amide bonds. The molecule has 0 aliphatic rings. The van der Waals surface area contributed by atoms with Gasteiger partial charge in [-0.15, -0.1) is 0 Å². The molecule has 3 N–H and O–H groups in total. The average molecular weight is 354 g/mol. The van der Waals surface area contributed by atoms with Crippen molar-refractivity contribution >= 4 is 23.3 Å². The van der Waals surface area contributed by atoms with Crippen LogP contribution in [-0.2, 0) is 6.54 Å². The lowest BCUT2D eigenvalue weighted by atomic mass is 10.2. The highest BCUT2D eigenvalue weighted by atomic mass is 35.5. The van der Waals surface area contributed by atoms with Gasteiger partial charge in [-0.2, -0.15) is 0 Å². The second-order valence-corrected chi connectivity index (χ2v) is 5.76. The molecule has 1 aromatic heterocycles. The summed E-state index contributed by atoms with van der Waals surface area (Å²) in [6.45, 7) is 0.383. The summed E-state index contributed by atoms with van der Waals surface area (Å²) in [6, 6.07) is 17.9. The first-order valence-electron chi connectivity index (χ1n) is 7.63. The summed E-state index contributed by atoms with van der Waals surface area (Å²) in [5, 5.41) is 3.48. The quantitative estimate of drug-likeness (QED) is 0.725. The average Bonchev–Trinajstić information content (AvgIpc) is 2.63. The first kappa shape index (κ1) is 16.8. The summed E-state index contributed by atoms with van der Waals surface area (Å²) < 4.78 is 5.73. The van der Waals surface area contributed by atoms with Crippen LogP contribution in [0.1, 0.15) is 15.9 Å². The normalized spacial score (nSPS) is 10.3. The Morgan fingerprint density at radius 2 is 1.68 bits per heavy atom. The number of nitrogen functional groups attached to an aromatic ring is 1. The minimum absolute atomic E-state index is 0.215. The van der Waals surface area contributed by atoms with Crippen LogP contribution in [0.3, 0.4) is 0 Å². The van der Waals surface area contributed by atoms with Crippen molar-refractivity contribution in [3.8, 4) is 11.5 Å². The Morgan fingerprint density at radius 1 is 1.04 bits per heavy atom. The third-order valence-corrected chi connectivity index (χ3v) is 3.76. The Morgan fingerprint density at radius 3 is 2.32 bits per heavy atom. The summed E-state index contributed by atoms with van der Waals surface area (Å²) in [6.07, 6.45) is 1.55. The van der Waals surface area contributed by atoms with E-state index in [-0.39, 0.29) is 11.7 Å². The van der Waals surface area contributed by atoms with E-state index in [0.29, 0.717) is 28.6 Å². The number of benzene rings is 2. The monoisotopic (exact) mass is 353 g/mol. The zero-order chi connectivity index (χ0) is 17.6. The van der Waals surface area contributed by atoms with Crippen LogP contribution in [-0.4, -0.2) is 10.9 Å². The fraction of sp³-hybridized carbons (Fsp3) is 0.0526. The second-order valence-electron chi connectivity index (χ2n) is 5.32. The standard InChI is InChI=1S/C19H16ClN3O2/c20-14-5-9-16(10-6-14)25-15-7-3-13(4-8-15)12-23-19(24)17-2-1-11-22-18(17)21/h1-11H,12H2,(H2,21,22)(H,23,24). The third kappa shape index (κ3) is 4.49. The van der Waals surface area contributed by atoms with Gasteiger partial charge in [-0.1, -0.05) is 23.7 Å². The summed E-state index contributed by atoms with van der Waals surface area (Å²) in [5.41, 5.74) is 7.01. The Labute approximate surface area is 150 Å². The Hall–Kier alpha value is -3.05. The van der Waals surface area contributed by atoms with E-state index in [9.17, 15) is 4.79 Å². The van der Waals surface area contributed by atoms with E-state index >= 15 is 0 Å². The lowest BCUT2D eigenvalue weighted by Crippen LogP contribution is -2.24. The van der Waals surface area contributed by atoms with E-state index in [1.54, 1.807) is 42.6 Å². The maximum Gasteiger partial charge on any atom is 0.255 e. The van der Waals surface area contributed by atoms with Gasteiger partial charge in [-0.3, -0.25) is 4.79 Å². The van der Waals surface area contributed by atoms with Gasteiger partial charge in [-0.05, 0) is 54.1 Å². The van der Waals surface area contributed by atoms with Crippen LogP contribution in [0.2, 0.25) is 5.02 Å². The fourth-order valence-corrected chi connectivity index (χ4v) is 2.33. The molecule has 0 saturated carbocycles. The molecule has 25 heavy (non-hydrogen) atoms. The predicted molar refractivity (Wildman–Crippen MR) is 97.8 cm³/mol. The molecule has 0 bridgehead atoms. The maximum atomic E-state index is 12.1. The largest absolute Gasteiger partial charge is 0.457 e. The molecule has 3 aromatic rings. The molecule has 126 valence electrons. The van der Waals surface area contributed by atoms with Gasteiger partial charge in [0.15, 0.2) is 0 Å². The molecular weight excluding hydrogens is 338 g/mol. The van der Waals surface area contributed by atoms with Crippen LogP contribution in [0, 0.1) is 0 Å². The van der Waals surface area contributed by atoms with Crippen molar-refractivity contribution < 1.29 is 9.53 Å². The molecule has 6 heteroatoms. The number of hydrogen-bond donors (Lipinski definition) is 2. The molecular formula is C19H16ClN3O2. The highest BCUT2D eigenvalue weighted by Crippen LogP contribution is 2.23. The zero-order valence-electron chi connectivity index (χ0n) is 13.3. The molecule has 0 fully saturated rings. The number of carbonyl (C=O) groups is 1. The molecule has 0 aliphatic carbocycles. The molecule has 2 aromatic carbocycles.